The van der Waals surface area contributed by atoms with Crippen molar-refractivity contribution in [3.8, 4) is 0 Å². The highest BCUT2D eigenvalue weighted by Gasteiger charge is 2.12. The van der Waals surface area contributed by atoms with E-state index in [0.717, 1.165) is 11.3 Å². The summed E-state index contributed by atoms with van der Waals surface area (Å²) in [6, 6.07) is 14.2. The maximum absolute atomic E-state index is 11.9. The van der Waals surface area contributed by atoms with E-state index < -0.39 is 10.0 Å². The summed E-state index contributed by atoms with van der Waals surface area (Å²) in [5, 5.41) is 6.09. The molecule has 2 aromatic carbocycles. The first-order valence-electron chi connectivity index (χ1n) is 7.80. The van der Waals surface area contributed by atoms with E-state index >= 15 is 0 Å². The lowest BCUT2D eigenvalue weighted by Crippen LogP contribution is -2.18. The molecule has 0 saturated heterocycles. The fourth-order valence-electron chi connectivity index (χ4n) is 2.26. The number of rotatable bonds is 6. The Balaban J connectivity index is 1.80. The Morgan fingerprint density at radius 1 is 0.885 bits per heavy atom. The SMILES string of the molecule is CNS(=O)(=O)c1cccc(Nc2ncnc(Nc3cccc(C)c3)n2)c1. The van der Waals surface area contributed by atoms with Gasteiger partial charge in [0, 0.05) is 11.4 Å². The number of aromatic nitrogens is 3. The Kier molecular flexibility index (Phi) is 5.10. The zero-order valence-electron chi connectivity index (χ0n) is 14.3. The van der Waals surface area contributed by atoms with Crippen molar-refractivity contribution in [2.75, 3.05) is 17.7 Å². The molecule has 3 aromatic rings. The van der Waals surface area contributed by atoms with Crippen LogP contribution >= 0.6 is 0 Å². The quantitative estimate of drug-likeness (QED) is 0.612. The van der Waals surface area contributed by atoms with Crippen LogP contribution < -0.4 is 15.4 Å². The monoisotopic (exact) mass is 370 g/mol. The van der Waals surface area contributed by atoms with E-state index in [-0.39, 0.29) is 4.90 Å². The van der Waals surface area contributed by atoms with Crippen molar-refractivity contribution in [2.24, 2.45) is 0 Å². The van der Waals surface area contributed by atoms with Crippen LogP contribution in [0.15, 0.2) is 59.8 Å². The smallest absolute Gasteiger partial charge is 0.240 e. The first kappa shape index (κ1) is 17.8. The topological polar surface area (TPSA) is 109 Å². The largest absolute Gasteiger partial charge is 0.324 e. The fraction of sp³-hybridized carbons (Fsp3) is 0.118. The van der Waals surface area contributed by atoms with Crippen molar-refractivity contribution in [1.29, 1.82) is 0 Å². The first-order chi connectivity index (χ1) is 12.5. The molecule has 0 fully saturated rings. The van der Waals surface area contributed by atoms with Crippen LogP contribution in [0.3, 0.4) is 0 Å². The summed E-state index contributed by atoms with van der Waals surface area (Å²) in [6.45, 7) is 2.00. The number of benzene rings is 2. The Morgan fingerprint density at radius 2 is 1.50 bits per heavy atom. The van der Waals surface area contributed by atoms with Crippen LogP contribution in [-0.2, 0) is 10.0 Å². The molecule has 0 amide bonds. The average molecular weight is 370 g/mol. The Morgan fingerprint density at radius 3 is 2.12 bits per heavy atom. The minimum absolute atomic E-state index is 0.150. The van der Waals surface area contributed by atoms with E-state index in [1.807, 2.05) is 31.2 Å². The first-order valence-corrected chi connectivity index (χ1v) is 9.28. The number of aryl methyl sites for hydroxylation is 1. The van der Waals surface area contributed by atoms with Crippen LogP contribution in [0.5, 0.6) is 0 Å². The third-order valence-electron chi connectivity index (χ3n) is 3.52. The lowest BCUT2D eigenvalue weighted by molar-refractivity contribution is 0.588. The van der Waals surface area contributed by atoms with E-state index in [4.69, 9.17) is 0 Å². The molecule has 0 aliphatic rings. The van der Waals surface area contributed by atoms with Gasteiger partial charge in [-0.3, -0.25) is 0 Å². The third-order valence-corrected chi connectivity index (χ3v) is 4.93. The summed E-state index contributed by atoms with van der Waals surface area (Å²) < 4.78 is 26.1. The number of nitrogens with zero attached hydrogens (tertiary/aromatic N) is 3. The number of sulfonamides is 1. The molecule has 0 saturated carbocycles. The summed E-state index contributed by atoms with van der Waals surface area (Å²) in [6.07, 6.45) is 1.38. The van der Waals surface area contributed by atoms with Crippen molar-refractivity contribution in [3.05, 3.63) is 60.4 Å². The highest BCUT2D eigenvalue weighted by atomic mass is 32.2. The van der Waals surface area contributed by atoms with Gasteiger partial charge in [-0.05, 0) is 49.9 Å². The number of hydrogen-bond acceptors (Lipinski definition) is 7. The molecular weight excluding hydrogens is 352 g/mol. The van der Waals surface area contributed by atoms with Gasteiger partial charge in [-0.15, -0.1) is 0 Å². The van der Waals surface area contributed by atoms with Gasteiger partial charge in [-0.2, -0.15) is 4.98 Å². The molecule has 0 radical (unpaired) electrons. The van der Waals surface area contributed by atoms with Crippen LogP contribution in [0.4, 0.5) is 23.3 Å². The second-order valence-electron chi connectivity index (χ2n) is 5.49. The fourth-order valence-corrected chi connectivity index (χ4v) is 3.03. The van der Waals surface area contributed by atoms with Gasteiger partial charge in [0.1, 0.15) is 6.33 Å². The number of hydrogen-bond donors (Lipinski definition) is 3. The molecule has 1 aromatic heterocycles. The molecule has 3 N–H and O–H groups in total. The molecule has 134 valence electrons. The predicted molar refractivity (Wildman–Crippen MR) is 100 cm³/mol. The lowest BCUT2D eigenvalue weighted by Gasteiger charge is -2.09. The second kappa shape index (κ2) is 7.46. The van der Waals surface area contributed by atoms with Gasteiger partial charge in [-0.25, -0.2) is 23.1 Å². The highest BCUT2D eigenvalue weighted by molar-refractivity contribution is 7.89. The standard InChI is InChI=1S/C17H18N6O2S/c1-12-5-3-6-13(9-12)21-16-19-11-20-17(23-16)22-14-7-4-8-15(10-14)26(24,25)18-2/h3-11,18H,1-2H3,(H2,19,20,21,22,23). The summed E-state index contributed by atoms with van der Waals surface area (Å²) in [4.78, 5) is 12.6. The van der Waals surface area contributed by atoms with Crippen LogP contribution in [-0.4, -0.2) is 30.4 Å². The number of nitrogens with one attached hydrogen (secondary N) is 3. The minimum Gasteiger partial charge on any atom is -0.324 e. The maximum Gasteiger partial charge on any atom is 0.240 e. The third kappa shape index (κ3) is 4.32. The summed E-state index contributed by atoms with van der Waals surface area (Å²) in [5.41, 5.74) is 2.53. The van der Waals surface area contributed by atoms with Crippen LogP contribution in [0, 0.1) is 6.92 Å². The molecule has 0 unspecified atom stereocenters. The van der Waals surface area contributed by atoms with E-state index in [1.54, 1.807) is 12.1 Å². The molecule has 26 heavy (non-hydrogen) atoms. The van der Waals surface area contributed by atoms with Crippen LogP contribution in [0.1, 0.15) is 5.56 Å². The molecule has 0 aliphatic carbocycles. The average Bonchev–Trinajstić information content (AvgIpc) is 2.62. The maximum atomic E-state index is 11.9. The summed E-state index contributed by atoms with van der Waals surface area (Å²) >= 11 is 0. The molecular formula is C17H18N6O2S. The Hall–Kier alpha value is -3.04. The van der Waals surface area contributed by atoms with Gasteiger partial charge < -0.3 is 10.6 Å². The van der Waals surface area contributed by atoms with Gasteiger partial charge >= 0.3 is 0 Å². The van der Waals surface area contributed by atoms with E-state index in [0.29, 0.717) is 17.6 Å². The molecule has 8 nitrogen and oxygen atoms in total. The molecule has 0 bridgehead atoms. The zero-order valence-corrected chi connectivity index (χ0v) is 15.1. The molecule has 0 atom stereocenters. The highest BCUT2D eigenvalue weighted by Crippen LogP contribution is 2.19. The Bertz CT molecular complexity index is 1020. The van der Waals surface area contributed by atoms with Crippen molar-refractivity contribution >= 4 is 33.3 Å². The van der Waals surface area contributed by atoms with Crippen molar-refractivity contribution < 1.29 is 8.42 Å². The van der Waals surface area contributed by atoms with Crippen LogP contribution in [0.2, 0.25) is 0 Å². The van der Waals surface area contributed by atoms with Gasteiger partial charge in [-0.1, -0.05) is 18.2 Å². The minimum atomic E-state index is -3.52. The van der Waals surface area contributed by atoms with Gasteiger partial charge in [0.15, 0.2) is 0 Å². The lowest BCUT2D eigenvalue weighted by atomic mass is 10.2. The van der Waals surface area contributed by atoms with Gasteiger partial charge in [0.2, 0.25) is 21.9 Å². The van der Waals surface area contributed by atoms with Crippen LogP contribution in [0.25, 0.3) is 0 Å². The normalized spacial score (nSPS) is 11.2. The summed E-state index contributed by atoms with van der Waals surface area (Å²) in [5.74, 6) is 0.682. The predicted octanol–water partition coefficient (Wildman–Crippen LogP) is 2.58. The van der Waals surface area contributed by atoms with E-state index in [2.05, 4.69) is 30.3 Å². The van der Waals surface area contributed by atoms with Gasteiger partial charge in [0.05, 0.1) is 4.90 Å². The molecule has 1 heterocycles. The molecule has 0 spiro atoms. The van der Waals surface area contributed by atoms with Gasteiger partial charge in [0.25, 0.3) is 0 Å². The Labute approximate surface area is 151 Å². The summed E-state index contributed by atoms with van der Waals surface area (Å²) in [7, 11) is -2.16. The van der Waals surface area contributed by atoms with Crippen molar-refractivity contribution in [3.63, 3.8) is 0 Å². The van der Waals surface area contributed by atoms with Crippen molar-refractivity contribution in [2.45, 2.75) is 11.8 Å². The van der Waals surface area contributed by atoms with Crippen molar-refractivity contribution in [1.82, 2.24) is 19.7 Å². The van der Waals surface area contributed by atoms with E-state index in [1.165, 1.54) is 25.5 Å². The van der Waals surface area contributed by atoms with E-state index in [9.17, 15) is 8.42 Å². The number of anilines is 4. The second-order valence-corrected chi connectivity index (χ2v) is 7.37. The molecule has 3 rings (SSSR count). The molecule has 9 heteroatoms. The zero-order chi connectivity index (χ0) is 18.6. The molecule has 0 aliphatic heterocycles.